The van der Waals surface area contributed by atoms with Crippen molar-refractivity contribution in [3.63, 3.8) is 0 Å². The molecule has 12 aromatic carbocycles. The molecule has 0 bridgehead atoms. The molecule has 0 unspecified atom stereocenters. The van der Waals surface area contributed by atoms with Gasteiger partial charge in [-0.2, -0.15) is 0 Å². The minimum absolute atomic E-state index is 1.09. The van der Waals surface area contributed by atoms with Crippen LogP contribution in [0.2, 0.25) is 0 Å². The van der Waals surface area contributed by atoms with Gasteiger partial charge in [0.05, 0.1) is 0 Å². The van der Waals surface area contributed by atoms with Crippen molar-refractivity contribution in [3.05, 3.63) is 340 Å². The van der Waals surface area contributed by atoms with Crippen LogP contribution >= 0.6 is 0 Å². The van der Waals surface area contributed by atoms with Gasteiger partial charge in [-0.15, -0.1) is 0 Å². The molecule has 18 rings (SSSR count). The average Bonchev–Trinajstić information content (AvgIpc) is 0.783. The standard InChI is InChI=1S/C114H111N/c1-7-19-82(20-8-1)67-88-31-43-94(44-32-88)103-73-104(95-45-33-89(34-46-95)68-83-21-9-2-10-22-83)77-109(76-103)100-55-61-112(62-56-100)115(113-63-57-101(58-64-113)110-78-105(96-47-35-90(36-48-96)69-84-23-11-3-12-24-84)74-106(79-110)97-49-37-91(38-50-97)70-85-25-13-4-14-26-85)114-65-59-102(60-66-114)111-80-107(98-51-39-92(40-52-98)71-86-27-15-5-16-28-86)75-108(81-111)99-53-41-93(42-54-99)72-87-29-17-6-18-30-87/h31-81H,1-30H2. The maximum atomic E-state index is 2.46. The summed E-state index contributed by atoms with van der Waals surface area (Å²) in [5.41, 5.74) is 42.5. The van der Waals surface area contributed by atoms with Gasteiger partial charge in [0.15, 0.2) is 0 Å². The molecule has 12 aromatic rings. The molecule has 0 saturated heterocycles. The molecule has 1 heteroatoms. The minimum Gasteiger partial charge on any atom is -0.311 e. The van der Waals surface area contributed by atoms with Gasteiger partial charge in [-0.05, 0) is 379 Å². The summed E-state index contributed by atoms with van der Waals surface area (Å²) in [5, 5.41) is 0. The van der Waals surface area contributed by atoms with Gasteiger partial charge in [0, 0.05) is 17.1 Å². The fourth-order valence-corrected chi connectivity index (χ4v) is 19.2. The van der Waals surface area contributed by atoms with Gasteiger partial charge in [0.2, 0.25) is 0 Å². The Bertz CT molecular complexity index is 4680. The maximum Gasteiger partial charge on any atom is 0.0462 e. The van der Waals surface area contributed by atoms with E-state index < -0.39 is 0 Å². The van der Waals surface area contributed by atoms with E-state index in [1.165, 1.54) is 326 Å². The largest absolute Gasteiger partial charge is 0.311 e. The number of anilines is 3. The maximum absolute atomic E-state index is 2.46. The third-order valence-corrected chi connectivity index (χ3v) is 25.8. The third kappa shape index (κ3) is 19.0. The summed E-state index contributed by atoms with van der Waals surface area (Å²) in [7, 11) is 0. The second kappa shape index (κ2) is 36.1. The van der Waals surface area contributed by atoms with Gasteiger partial charge in [0.25, 0.3) is 0 Å². The topological polar surface area (TPSA) is 3.24 Å². The van der Waals surface area contributed by atoms with Crippen LogP contribution in [0.25, 0.3) is 137 Å². The quantitative estimate of drug-likeness (QED) is 0.0828. The molecular formula is C114H111N. The molecule has 115 heavy (non-hydrogen) atoms. The summed E-state index contributed by atoms with van der Waals surface area (Å²) in [6, 6.07) is 106. The summed E-state index contributed by atoms with van der Waals surface area (Å²) in [5.74, 6) is 0. The Hall–Kier alpha value is -11.1. The lowest BCUT2D eigenvalue weighted by atomic mass is 9.91. The summed E-state index contributed by atoms with van der Waals surface area (Å²) < 4.78 is 0. The van der Waals surface area contributed by atoms with Crippen molar-refractivity contribution in [2.45, 2.75) is 193 Å². The Kier molecular flexibility index (Phi) is 23.7. The summed E-state index contributed by atoms with van der Waals surface area (Å²) in [6.07, 6.45) is 53.1. The highest BCUT2D eigenvalue weighted by Gasteiger charge is 2.20. The SMILES string of the molecule is C(=C1CCCCC1)c1ccc(-c2cc(-c3ccc(C=C4CCCCC4)cc3)cc(-c3ccc(N(c4ccc(-c5cc(-c6ccc(C=C7CCCCC7)cc6)cc(-c6ccc(C=C7CCCCC7)cc6)c5)cc4)c4ccc(-c5cc(-c6ccc(C=C7CCCCC7)cc6)cc(-c6ccc(C=C7CCCCC7)cc6)c5)cc4)cc3)c2)cc1. The van der Waals surface area contributed by atoms with Crippen molar-refractivity contribution >= 4 is 53.5 Å². The molecule has 0 spiro atoms. The number of allylic oxidation sites excluding steroid dienone is 6. The predicted molar refractivity (Wildman–Crippen MR) is 496 cm³/mol. The number of benzene rings is 12. The zero-order valence-electron chi connectivity index (χ0n) is 67.6. The molecule has 0 atom stereocenters. The van der Waals surface area contributed by atoms with Crippen LogP contribution in [0.15, 0.2) is 306 Å². The first-order valence-corrected chi connectivity index (χ1v) is 44.2. The third-order valence-electron chi connectivity index (χ3n) is 25.8. The van der Waals surface area contributed by atoms with E-state index in [4.69, 9.17) is 0 Å². The Morgan fingerprint density at radius 3 is 0.383 bits per heavy atom. The van der Waals surface area contributed by atoms with Gasteiger partial charge >= 0.3 is 0 Å². The van der Waals surface area contributed by atoms with Crippen molar-refractivity contribution < 1.29 is 0 Å². The normalized spacial score (nSPS) is 16.1. The highest BCUT2D eigenvalue weighted by Crippen LogP contribution is 2.44. The van der Waals surface area contributed by atoms with E-state index in [0.717, 1.165) is 17.1 Å². The van der Waals surface area contributed by atoms with Crippen molar-refractivity contribution in [3.8, 4) is 100 Å². The van der Waals surface area contributed by atoms with E-state index in [1.807, 2.05) is 0 Å². The van der Waals surface area contributed by atoms with Crippen LogP contribution in [0.5, 0.6) is 0 Å². The molecule has 6 aliphatic carbocycles. The van der Waals surface area contributed by atoms with Crippen LogP contribution in [-0.4, -0.2) is 0 Å². The molecule has 0 N–H and O–H groups in total. The van der Waals surface area contributed by atoms with E-state index in [0.29, 0.717) is 0 Å². The molecule has 0 heterocycles. The van der Waals surface area contributed by atoms with E-state index in [9.17, 15) is 0 Å². The highest BCUT2D eigenvalue weighted by molar-refractivity contribution is 5.89. The monoisotopic (exact) mass is 1490 g/mol. The molecule has 0 radical (unpaired) electrons. The zero-order chi connectivity index (χ0) is 76.9. The molecule has 6 fully saturated rings. The van der Waals surface area contributed by atoms with Gasteiger partial charge in [0.1, 0.15) is 0 Å². The van der Waals surface area contributed by atoms with Crippen LogP contribution in [0.4, 0.5) is 17.1 Å². The average molecular weight is 1500 g/mol. The lowest BCUT2D eigenvalue weighted by Crippen LogP contribution is -2.09. The summed E-state index contributed by atoms with van der Waals surface area (Å²) >= 11 is 0. The Morgan fingerprint density at radius 2 is 0.252 bits per heavy atom. The molecule has 0 amide bonds. The smallest absolute Gasteiger partial charge is 0.0462 e. The lowest BCUT2D eigenvalue weighted by molar-refractivity contribution is 0.602. The molecule has 0 aromatic heterocycles. The van der Waals surface area contributed by atoms with E-state index in [2.05, 4.69) is 314 Å². The molecular weight excluding hydrogens is 1380 g/mol. The van der Waals surface area contributed by atoms with Crippen LogP contribution in [-0.2, 0) is 0 Å². The van der Waals surface area contributed by atoms with E-state index >= 15 is 0 Å². The van der Waals surface area contributed by atoms with Crippen LogP contribution < -0.4 is 4.90 Å². The van der Waals surface area contributed by atoms with Gasteiger partial charge in [-0.3, -0.25) is 0 Å². The molecule has 6 saturated carbocycles. The second-order valence-electron chi connectivity index (χ2n) is 34.3. The molecule has 1 nitrogen and oxygen atoms in total. The van der Waals surface area contributed by atoms with Gasteiger partial charge in [-0.25, -0.2) is 0 Å². The molecule has 6 aliphatic rings. The number of nitrogens with zero attached hydrogens (tertiary/aromatic N) is 1. The van der Waals surface area contributed by atoms with Crippen molar-refractivity contribution in [2.75, 3.05) is 4.90 Å². The van der Waals surface area contributed by atoms with Gasteiger partial charge < -0.3 is 4.90 Å². The van der Waals surface area contributed by atoms with E-state index in [1.54, 1.807) is 33.4 Å². The number of hydrogen-bond donors (Lipinski definition) is 0. The number of hydrogen-bond acceptors (Lipinski definition) is 1. The summed E-state index contributed by atoms with van der Waals surface area (Å²) in [6.45, 7) is 0. The lowest BCUT2D eigenvalue weighted by Gasteiger charge is -2.26. The van der Waals surface area contributed by atoms with Crippen LogP contribution in [0, 0.1) is 0 Å². The van der Waals surface area contributed by atoms with Crippen LogP contribution in [0.3, 0.4) is 0 Å². The fourth-order valence-electron chi connectivity index (χ4n) is 19.2. The Balaban J connectivity index is 0.719. The zero-order valence-corrected chi connectivity index (χ0v) is 67.6. The predicted octanol–water partition coefficient (Wildman–Crippen LogP) is 34.2. The first-order valence-electron chi connectivity index (χ1n) is 44.2. The van der Waals surface area contributed by atoms with Crippen LogP contribution in [0.1, 0.15) is 226 Å². The van der Waals surface area contributed by atoms with Crippen molar-refractivity contribution in [2.24, 2.45) is 0 Å². The fraction of sp³-hybridized carbons (Fsp3) is 0.263. The first kappa shape index (κ1) is 75.2. The van der Waals surface area contributed by atoms with Crippen molar-refractivity contribution in [1.82, 2.24) is 0 Å². The molecule has 0 aliphatic heterocycles. The first-order chi connectivity index (χ1) is 56.8. The van der Waals surface area contributed by atoms with E-state index in [-0.39, 0.29) is 0 Å². The Morgan fingerprint density at radius 1 is 0.130 bits per heavy atom. The minimum atomic E-state index is 1.09. The highest BCUT2D eigenvalue weighted by atomic mass is 15.1. The summed E-state index contributed by atoms with van der Waals surface area (Å²) in [4.78, 5) is 2.46. The van der Waals surface area contributed by atoms with Crippen molar-refractivity contribution in [1.29, 1.82) is 0 Å². The number of rotatable bonds is 18. The Labute approximate surface area is 686 Å². The second-order valence-corrected chi connectivity index (χ2v) is 34.3. The molecule has 572 valence electrons. The van der Waals surface area contributed by atoms with Gasteiger partial charge in [-0.1, -0.05) is 290 Å².